The zero-order valence-electron chi connectivity index (χ0n) is 7.26. The fourth-order valence-corrected chi connectivity index (χ4v) is 1.95. The quantitative estimate of drug-likeness (QED) is 0.658. The van der Waals surface area contributed by atoms with Gasteiger partial charge in [0.1, 0.15) is 0 Å². The van der Waals surface area contributed by atoms with Crippen LogP contribution in [-0.2, 0) is 0 Å². The Labute approximate surface area is 85.1 Å². The van der Waals surface area contributed by atoms with E-state index in [9.17, 15) is 12.9 Å². The third-order valence-corrected chi connectivity index (χ3v) is 2.84. The van der Waals surface area contributed by atoms with Gasteiger partial charge in [-0.1, -0.05) is 36.0 Å². The third kappa shape index (κ3) is 1.90. The van der Waals surface area contributed by atoms with Crippen LogP contribution in [0, 0.1) is 0 Å². The molecule has 0 bridgehead atoms. The van der Waals surface area contributed by atoms with Gasteiger partial charge in [0.2, 0.25) is 0 Å². The second-order valence-corrected chi connectivity index (χ2v) is 4.12. The summed E-state index contributed by atoms with van der Waals surface area (Å²) < 4.78 is 36.9. The molecule has 5 heteroatoms. The molecular weight excluding hydrogens is 211 g/mol. The van der Waals surface area contributed by atoms with E-state index in [-0.39, 0.29) is 12.3 Å². The summed E-state index contributed by atoms with van der Waals surface area (Å²) in [5.74, 6) is -1.46. The number of benzene rings is 1. The molecule has 0 spiro atoms. The largest absolute Gasteiger partial charge is 0.481 e. The van der Waals surface area contributed by atoms with Gasteiger partial charge in [0.05, 0.1) is 0 Å². The number of halogens is 4. The van der Waals surface area contributed by atoms with Crippen LogP contribution in [0.3, 0.4) is 0 Å². The number of hydrogen-bond acceptors (Lipinski definition) is 0. The van der Waals surface area contributed by atoms with Crippen LogP contribution in [0.2, 0.25) is 10.8 Å². The molecule has 0 unspecified atom stereocenters. The van der Waals surface area contributed by atoms with Crippen LogP contribution in [0.5, 0.6) is 0 Å². The van der Waals surface area contributed by atoms with Crippen molar-refractivity contribution < 1.29 is 12.9 Å². The zero-order chi connectivity index (χ0) is 10.3. The summed E-state index contributed by atoms with van der Waals surface area (Å²) in [6.07, 6.45) is 0.226. The van der Waals surface area contributed by atoms with Gasteiger partial charge in [-0.3, -0.25) is 0 Å². The first-order chi connectivity index (χ1) is 6.48. The first kappa shape index (κ1) is 9.90. The Bertz CT molecular complexity index is 350. The molecule has 0 heterocycles. The summed E-state index contributed by atoms with van der Waals surface area (Å²) in [4.78, 5) is 0. The smallest absolute Gasteiger partial charge is 0.449 e. The Morgan fingerprint density at radius 2 is 2.00 bits per heavy atom. The Kier molecular flexibility index (Phi) is 2.26. The average molecular weight is 219 g/mol. The molecule has 0 radical (unpaired) electrons. The minimum atomic E-state index is -4.68. The van der Waals surface area contributed by atoms with E-state index in [2.05, 4.69) is 0 Å². The highest BCUT2D eigenvalue weighted by atomic mass is 35.5. The maximum atomic E-state index is 12.3. The van der Waals surface area contributed by atoms with Gasteiger partial charge in [0.15, 0.2) is 0 Å². The van der Waals surface area contributed by atoms with E-state index in [4.69, 9.17) is 11.6 Å². The minimum Gasteiger partial charge on any atom is -0.449 e. The topological polar surface area (TPSA) is 0 Å². The average Bonchev–Trinajstić information content (AvgIpc) is 2.81. The SMILES string of the molecule is F[B-](F)(F)[C@@H]1C[C@H]1c1cccc(Cl)c1. The third-order valence-electron chi connectivity index (χ3n) is 2.60. The molecule has 1 aliphatic carbocycles. The van der Waals surface area contributed by atoms with Gasteiger partial charge >= 0.3 is 6.98 Å². The van der Waals surface area contributed by atoms with E-state index in [0.717, 1.165) is 0 Å². The summed E-state index contributed by atoms with van der Waals surface area (Å²) >= 11 is 5.70. The molecule has 1 aromatic rings. The lowest BCUT2D eigenvalue weighted by atomic mass is 9.81. The fourth-order valence-electron chi connectivity index (χ4n) is 1.75. The normalized spacial score (nSPS) is 26.3. The molecule has 0 N–H and O–H groups in total. The Morgan fingerprint density at radius 1 is 1.29 bits per heavy atom. The second-order valence-electron chi connectivity index (χ2n) is 3.69. The van der Waals surface area contributed by atoms with Gasteiger partial charge < -0.3 is 12.9 Å². The van der Waals surface area contributed by atoms with Crippen molar-refractivity contribution in [1.29, 1.82) is 0 Å². The van der Waals surface area contributed by atoms with Gasteiger partial charge in [-0.2, -0.15) is 0 Å². The molecule has 0 saturated heterocycles. The van der Waals surface area contributed by atoms with Crippen LogP contribution >= 0.6 is 11.6 Å². The lowest BCUT2D eigenvalue weighted by Gasteiger charge is -2.12. The summed E-state index contributed by atoms with van der Waals surface area (Å²) in [5, 5.41) is 0.503. The van der Waals surface area contributed by atoms with Crippen molar-refractivity contribution >= 4 is 18.6 Å². The maximum absolute atomic E-state index is 12.3. The van der Waals surface area contributed by atoms with E-state index in [0.29, 0.717) is 10.6 Å². The van der Waals surface area contributed by atoms with E-state index in [1.165, 1.54) is 0 Å². The van der Waals surface area contributed by atoms with Crippen LogP contribution in [0.1, 0.15) is 17.9 Å². The zero-order valence-corrected chi connectivity index (χ0v) is 8.02. The van der Waals surface area contributed by atoms with E-state index in [1.54, 1.807) is 24.3 Å². The van der Waals surface area contributed by atoms with Crippen LogP contribution in [0.25, 0.3) is 0 Å². The molecule has 76 valence electrons. The minimum absolute atomic E-state index is 0.226. The molecule has 2 atom stereocenters. The molecule has 1 fully saturated rings. The molecule has 1 saturated carbocycles. The second kappa shape index (κ2) is 3.19. The molecule has 2 rings (SSSR count). The van der Waals surface area contributed by atoms with Crippen molar-refractivity contribution in [3.05, 3.63) is 34.9 Å². The predicted octanol–water partition coefficient (Wildman–Crippen LogP) is 4.04. The van der Waals surface area contributed by atoms with E-state index < -0.39 is 12.8 Å². The van der Waals surface area contributed by atoms with Crippen molar-refractivity contribution in [2.24, 2.45) is 0 Å². The molecule has 1 aliphatic rings. The summed E-state index contributed by atoms with van der Waals surface area (Å²) in [6, 6.07) is 6.68. The molecule has 1 aromatic carbocycles. The molecular formula is C9H8BClF3-. The van der Waals surface area contributed by atoms with Crippen LogP contribution in [0.15, 0.2) is 24.3 Å². The molecule has 0 aliphatic heterocycles. The van der Waals surface area contributed by atoms with Gasteiger partial charge in [-0.05, 0) is 23.6 Å². The molecule has 0 amide bonds. The lowest BCUT2D eigenvalue weighted by molar-refractivity contribution is 0.463. The number of hydrogen-bond donors (Lipinski definition) is 0. The summed E-state index contributed by atoms with van der Waals surface area (Å²) in [5.41, 5.74) is 0.710. The highest BCUT2D eigenvalue weighted by molar-refractivity contribution is 6.61. The highest BCUT2D eigenvalue weighted by Crippen LogP contribution is 2.59. The van der Waals surface area contributed by atoms with Crippen molar-refractivity contribution in [1.82, 2.24) is 0 Å². The van der Waals surface area contributed by atoms with E-state index >= 15 is 0 Å². The number of rotatable bonds is 2. The van der Waals surface area contributed by atoms with Crippen LogP contribution in [0.4, 0.5) is 12.9 Å². The Balaban J connectivity index is 2.14. The first-order valence-corrected chi connectivity index (χ1v) is 4.81. The summed E-state index contributed by atoms with van der Waals surface area (Å²) in [7, 11) is 0. The monoisotopic (exact) mass is 219 g/mol. The van der Waals surface area contributed by atoms with Crippen molar-refractivity contribution in [2.45, 2.75) is 18.2 Å². The first-order valence-electron chi connectivity index (χ1n) is 4.44. The molecule has 0 aromatic heterocycles. The van der Waals surface area contributed by atoms with Gasteiger partial charge in [-0.15, -0.1) is 0 Å². The Morgan fingerprint density at radius 3 is 2.50 bits per heavy atom. The Hall–Kier alpha value is -0.635. The molecule has 14 heavy (non-hydrogen) atoms. The van der Waals surface area contributed by atoms with Gasteiger partial charge in [-0.25, -0.2) is 0 Å². The van der Waals surface area contributed by atoms with Gasteiger partial charge in [0.25, 0.3) is 0 Å². The highest BCUT2D eigenvalue weighted by Gasteiger charge is 2.51. The lowest BCUT2D eigenvalue weighted by Crippen LogP contribution is -2.15. The van der Waals surface area contributed by atoms with Crippen LogP contribution in [-0.4, -0.2) is 6.98 Å². The fraction of sp³-hybridized carbons (Fsp3) is 0.333. The summed E-state index contributed by atoms with van der Waals surface area (Å²) in [6.45, 7) is -4.68. The van der Waals surface area contributed by atoms with Crippen LogP contribution < -0.4 is 0 Å². The van der Waals surface area contributed by atoms with Crippen molar-refractivity contribution in [3.8, 4) is 0 Å². The van der Waals surface area contributed by atoms with E-state index in [1.807, 2.05) is 0 Å². The van der Waals surface area contributed by atoms with Crippen molar-refractivity contribution in [3.63, 3.8) is 0 Å². The molecule has 0 nitrogen and oxygen atoms in total. The predicted molar refractivity (Wildman–Crippen MR) is 51.6 cm³/mol. The van der Waals surface area contributed by atoms with Gasteiger partial charge in [0, 0.05) is 5.02 Å². The van der Waals surface area contributed by atoms with Crippen molar-refractivity contribution in [2.75, 3.05) is 0 Å². The maximum Gasteiger partial charge on any atom is 0.481 e. The standard InChI is InChI=1S/C9H8BClF3/c11-7-3-1-2-6(4-7)8-5-9(8)10(12,13)14/h1-4,8-9H,5H2/q-1/t8-,9+/m0/s1.